The van der Waals surface area contributed by atoms with Crippen LogP contribution in [0, 0.1) is 0 Å². The van der Waals surface area contributed by atoms with Gasteiger partial charge in [0.05, 0.1) is 0 Å². The molecule has 0 aromatic carbocycles. The molecule has 0 saturated carbocycles. The zero-order valence-corrected chi connectivity index (χ0v) is 10.9. The van der Waals surface area contributed by atoms with Gasteiger partial charge in [0.25, 0.3) is 0 Å². The summed E-state index contributed by atoms with van der Waals surface area (Å²) in [6, 6.07) is 6.05. The maximum absolute atomic E-state index is 4.26. The molecule has 0 aliphatic heterocycles. The van der Waals surface area contributed by atoms with Gasteiger partial charge in [-0.15, -0.1) is 0 Å². The van der Waals surface area contributed by atoms with Crippen LogP contribution >= 0.6 is 0 Å². The van der Waals surface area contributed by atoms with Crippen LogP contribution < -0.4 is 5.32 Å². The molecule has 0 spiro atoms. The topological polar surface area (TPSA) is 24.9 Å². The first-order valence-corrected chi connectivity index (χ1v) is 10.1. The normalized spacial score (nSPS) is 10.8. The monoisotopic (exact) mass is 254 g/mol. The molecule has 78 valence electrons. The molecule has 0 bridgehead atoms. The third-order valence-electron chi connectivity index (χ3n) is 1.99. The van der Waals surface area contributed by atoms with E-state index in [0.29, 0.717) is 0 Å². The number of nitrogens with one attached hydrogen (secondary N) is 1. The van der Waals surface area contributed by atoms with Crippen molar-refractivity contribution < 1.29 is 0 Å². The molecule has 1 N–H and O–H groups in total. The molecule has 1 aromatic heterocycles. The molecule has 1 heterocycles. The van der Waals surface area contributed by atoms with Gasteiger partial charge in [-0.25, -0.2) is 0 Å². The number of nitrogens with zero attached hydrogens (tertiary/aromatic N) is 1. The summed E-state index contributed by atoms with van der Waals surface area (Å²) in [4.78, 5) is 4.26. The molecule has 0 aliphatic carbocycles. The van der Waals surface area contributed by atoms with E-state index in [0.717, 1.165) is 18.8 Å². The van der Waals surface area contributed by atoms with Gasteiger partial charge in [-0.2, -0.15) is 0 Å². The van der Waals surface area contributed by atoms with Crippen LogP contribution in [-0.2, 0) is 6.54 Å². The van der Waals surface area contributed by atoms with E-state index in [2.05, 4.69) is 27.8 Å². The molecule has 1 rings (SSSR count). The van der Waals surface area contributed by atoms with Crippen LogP contribution in [0.4, 0.5) is 0 Å². The second-order valence-electron chi connectivity index (χ2n) is 3.65. The zero-order valence-electron chi connectivity index (χ0n) is 9.03. The number of pyridine rings is 1. The van der Waals surface area contributed by atoms with Crippen molar-refractivity contribution in [3.8, 4) is 0 Å². The fourth-order valence-corrected chi connectivity index (χ4v) is 2.90. The van der Waals surface area contributed by atoms with Crippen molar-refractivity contribution in [1.82, 2.24) is 10.3 Å². The minimum absolute atomic E-state index is 0.400. The number of hydrogen-bond acceptors (Lipinski definition) is 2. The van der Waals surface area contributed by atoms with E-state index in [1.165, 1.54) is 11.6 Å². The van der Waals surface area contributed by atoms with E-state index in [-0.39, 0.29) is 0 Å². The van der Waals surface area contributed by atoms with Gasteiger partial charge in [0.15, 0.2) is 0 Å². The Bertz CT molecular complexity index is 236. The summed E-state index contributed by atoms with van der Waals surface area (Å²) in [5, 5.41) is 4.86. The quantitative estimate of drug-likeness (QED) is 0.622. The Morgan fingerprint density at radius 3 is 2.86 bits per heavy atom. The molecule has 3 heteroatoms. The Balaban J connectivity index is 2.05. The molecule has 14 heavy (non-hydrogen) atoms. The van der Waals surface area contributed by atoms with Crippen LogP contribution in [0.25, 0.3) is 0 Å². The number of rotatable bonds is 6. The van der Waals surface area contributed by atoms with Gasteiger partial charge in [-0.1, -0.05) is 0 Å². The van der Waals surface area contributed by atoms with Crippen LogP contribution in [0.15, 0.2) is 24.4 Å². The Hall–Kier alpha value is -0.332. The van der Waals surface area contributed by atoms with Crippen molar-refractivity contribution in [2.45, 2.75) is 29.6 Å². The van der Waals surface area contributed by atoms with Gasteiger partial charge in [0, 0.05) is 0 Å². The van der Waals surface area contributed by atoms with Gasteiger partial charge >= 0.3 is 91.2 Å². The van der Waals surface area contributed by atoms with Crippen LogP contribution in [0.5, 0.6) is 0 Å². The second-order valence-corrected chi connectivity index (χ2v) is 9.12. The van der Waals surface area contributed by atoms with E-state index >= 15 is 0 Å². The second kappa shape index (κ2) is 7.03. The molecule has 0 amide bonds. The Kier molecular flexibility index (Phi) is 5.89. The van der Waals surface area contributed by atoms with Gasteiger partial charge in [-0.3, -0.25) is 0 Å². The summed E-state index contributed by atoms with van der Waals surface area (Å²) in [7, 11) is 0. The van der Waals surface area contributed by atoms with E-state index in [9.17, 15) is 0 Å². The SMILES string of the molecule is C[As](C)CCCNCc1ccccn1. The van der Waals surface area contributed by atoms with Crippen LogP contribution in [0.3, 0.4) is 0 Å². The fraction of sp³-hybridized carbons (Fsp3) is 0.545. The third-order valence-corrected chi connectivity index (χ3v) is 4.53. The van der Waals surface area contributed by atoms with Gasteiger partial charge < -0.3 is 0 Å². The molecule has 2 nitrogen and oxygen atoms in total. The van der Waals surface area contributed by atoms with Crippen molar-refractivity contribution in [2.75, 3.05) is 6.54 Å². The maximum atomic E-state index is 4.26. The van der Waals surface area contributed by atoms with Gasteiger partial charge in [0.2, 0.25) is 0 Å². The van der Waals surface area contributed by atoms with E-state index in [4.69, 9.17) is 0 Å². The van der Waals surface area contributed by atoms with Crippen molar-refractivity contribution in [2.24, 2.45) is 0 Å². The molecular formula is C11H19AsN2. The summed E-state index contributed by atoms with van der Waals surface area (Å²) in [6.45, 7) is 2.03. The summed E-state index contributed by atoms with van der Waals surface area (Å²) >= 11 is -0.400. The molecule has 0 atom stereocenters. The van der Waals surface area contributed by atoms with Crippen molar-refractivity contribution >= 4 is 14.7 Å². The average molecular weight is 254 g/mol. The predicted molar refractivity (Wildman–Crippen MR) is 62.8 cm³/mol. The van der Waals surface area contributed by atoms with E-state index in [1.54, 1.807) is 0 Å². The third kappa shape index (κ3) is 5.41. The van der Waals surface area contributed by atoms with Crippen molar-refractivity contribution in [3.63, 3.8) is 0 Å². The average Bonchev–Trinajstić information content (AvgIpc) is 2.18. The number of aromatic nitrogens is 1. The standard InChI is InChI=1S/C11H19AsN2/c1-12(2)7-5-8-13-10-11-6-3-4-9-14-11/h3-4,6,9,13H,5,7-8,10H2,1-2H3. The molecule has 0 saturated heterocycles. The Morgan fingerprint density at radius 2 is 2.21 bits per heavy atom. The molecule has 0 aliphatic rings. The zero-order chi connectivity index (χ0) is 10.2. The molecule has 1 aromatic rings. The van der Waals surface area contributed by atoms with Gasteiger partial charge in [-0.05, 0) is 0 Å². The van der Waals surface area contributed by atoms with Crippen LogP contribution in [0.2, 0.25) is 16.6 Å². The summed E-state index contributed by atoms with van der Waals surface area (Å²) in [5.41, 5.74) is 5.95. The fourth-order valence-electron chi connectivity index (χ4n) is 1.24. The summed E-state index contributed by atoms with van der Waals surface area (Å²) in [6.07, 6.45) is 3.16. The van der Waals surface area contributed by atoms with E-state index < -0.39 is 14.7 Å². The first-order chi connectivity index (χ1) is 6.79. The Morgan fingerprint density at radius 1 is 1.36 bits per heavy atom. The predicted octanol–water partition coefficient (Wildman–Crippen LogP) is 2.32. The first kappa shape index (κ1) is 11.7. The number of hydrogen-bond donors (Lipinski definition) is 1. The van der Waals surface area contributed by atoms with E-state index in [1.807, 2.05) is 18.3 Å². The Labute approximate surface area is 91.4 Å². The van der Waals surface area contributed by atoms with Crippen molar-refractivity contribution in [3.05, 3.63) is 30.1 Å². The molecule has 0 fully saturated rings. The van der Waals surface area contributed by atoms with Crippen LogP contribution in [0.1, 0.15) is 12.1 Å². The minimum atomic E-state index is -0.400. The molecular weight excluding hydrogens is 235 g/mol. The molecule has 0 unspecified atom stereocenters. The van der Waals surface area contributed by atoms with Gasteiger partial charge in [0.1, 0.15) is 0 Å². The summed E-state index contributed by atoms with van der Waals surface area (Å²) in [5.74, 6) is 0. The van der Waals surface area contributed by atoms with Crippen LogP contribution in [-0.4, -0.2) is 26.2 Å². The first-order valence-electron chi connectivity index (χ1n) is 5.04. The molecule has 0 radical (unpaired) electrons. The summed E-state index contributed by atoms with van der Waals surface area (Å²) < 4.78 is 0. The van der Waals surface area contributed by atoms with Crippen molar-refractivity contribution in [1.29, 1.82) is 0 Å².